The van der Waals surface area contributed by atoms with Crippen LogP contribution in [0.2, 0.25) is 0 Å². The molecule has 1 saturated carbocycles. The zero-order chi connectivity index (χ0) is 12.8. The number of nitrogens with one attached hydrogen (secondary N) is 2. The zero-order valence-corrected chi connectivity index (χ0v) is 10.7. The predicted octanol–water partition coefficient (Wildman–Crippen LogP) is 0.986. The maximum Gasteiger partial charge on any atom is 0.318 e. The minimum atomic E-state index is -0.797. The number of hydrogen-bond donors (Lipinski definition) is 3. The molecule has 0 saturated heterocycles. The van der Waals surface area contributed by atoms with Crippen LogP contribution in [0.4, 0.5) is 4.79 Å². The van der Waals surface area contributed by atoms with E-state index < -0.39 is 6.03 Å². The highest BCUT2D eigenvalue weighted by molar-refractivity contribution is 5.96. The van der Waals surface area contributed by atoms with Gasteiger partial charge >= 0.3 is 6.03 Å². The van der Waals surface area contributed by atoms with E-state index >= 15 is 0 Å². The minimum Gasteiger partial charge on any atom is -0.351 e. The van der Waals surface area contributed by atoms with Crippen molar-refractivity contribution in [1.29, 1.82) is 0 Å². The third-order valence-corrected chi connectivity index (χ3v) is 3.62. The van der Waals surface area contributed by atoms with Gasteiger partial charge in [0.05, 0.1) is 6.04 Å². The van der Waals surface area contributed by atoms with E-state index in [0.29, 0.717) is 11.8 Å². The molecule has 0 radical (unpaired) electrons. The molecule has 0 bridgehead atoms. The van der Waals surface area contributed by atoms with Crippen molar-refractivity contribution in [2.24, 2.45) is 17.6 Å². The summed E-state index contributed by atoms with van der Waals surface area (Å²) in [4.78, 5) is 22.0. The first-order valence-corrected chi connectivity index (χ1v) is 6.34. The molecule has 0 aromatic rings. The molecule has 1 aliphatic carbocycles. The Kier molecular flexibility index (Phi) is 5.41. The normalized spacial score (nSPS) is 26.2. The average Bonchev–Trinajstić information content (AvgIpc) is 2.26. The van der Waals surface area contributed by atoms with Gasteiger partial charge in [0.2, 0.25) is 5.91 Å². The van der Waals surface area contributed by atoms with Crippen LogP contribution in [-0.4, -0.2) is 24.5 Å². The Morgan fingerprint density at radius 3 is 2.59 bits per heavy atom. The second-order valence-corrected chi connectivity index (χ2v) is 5.01. The molecule has 17 heavy (non-hydrogen) atoms. The molecule has 3 unspecified atom stereocenters. The molecular formula is C12H23N3O2. The highest BCUT2D eigenvalue weighted by Gasteiger charge is 2.22. The number of rotatable bonds is 4. The molecule has 3 amide bonds. The molecule has 5 nitrogen and oxygen atoms in total. The average molecular weight is 241 g/mol. The SMILES string of the molecule is CC(NCC1CCCCC1C)C(=O)NC(N)=O. The standard InChI is InChI=1S/C12H23N3O2/c1-8-5-3-4-6-10(8)7-14-9(2)11(16)15-12(13)17/h8-10,14H,3-7H2,1-2H3,(H3,13,15,16,17). The number of nitrogens with two attached hydrogens (primary N) is 1. The summed E-state index contributed by atoms with van der Waals surface area (Å²) < 4.78 is 0. The number of amides is 3. The smallest absolute Gasteiger partial charge is 0.318 e. The molecule has 0 aromatic heterocycles. The van der Waals surface area contributed by atoms with Crippen molar-refractivity contribution < 1.29 is 9.59 Å². The summed E-state index contributed by atoms with van der Waals surface area (Å²) in [5.74, 6) is 0.983. The van der Waals surface area contributed by atoms with Gasteiger partial charge in [-0.25, -0.2) is 4.79 Å². The Labute approximate surface area is 103 Å². The van der Waals surface area contributed by atoms with Crippen LogP contribution in [0.1, 0.15) is 39.5 Å². The Bertz CT molecular complexity index is 281. The fraction of sp³-hybridized carbons (Fsp3) is 0.833. The fourth-order valence-corrected chi connectivity index (χ4v) is 2.35. The topological polar surface area (TPSA) is 84.2 Å². The monoisotopic (exact) mass is 241 g/mol. The molecule has 0 aliphatic heterocycles. The summed E-state index contributed by atoms with van der Waals surface area (Å²) in [5.41, 5.74) is 4.89. The molecule has 1 fully saturated rings. The summed E-state index contributed by atoms with van der Waals surface area (Å²) in [5, 5.41) is 5.25. The first kappa shape index (κ1) is 14.0. The molecule has 4 N–H and O–H groups in total. The summed E-state index contributed by atoms with van der Waals surface area (Å²) in [6.07, 6.45) is 5.08. The second-order valence-electron chi connectivity index (χ2n) is 5.01. The van der Waals surface area contributed by atoms with Crippen molar-refractivity contribution in [3.05, 3.63) is 0 Å². The van der Waals surface area contributed by atoms with Crippen LogP contribution in [0.25, 0.3) is 0 Å². The van der Waals surface area contributed by atoms with Gasteiger partial charge in [0.25, 0.3) is 0 Å². The fourth-order valence-electron chi connectivity index (χ4n) is 2.35. The summed E-state index contributed by atoms with van der Waals surface area (Å²) in [6.45, 7) is 4.83. The third kappa shape index (κ3) is 4.73. The Morgan fingerprint density at radius 1 is 1.35 bits per heavy atom. The lowest BCUT2D eigenvalue weighted by Gasteiger charge is -2.29. The number of imide groups is 1. The minimum absolute atomic E-state index is 0.360. The molecule has 98 valence electrons. The van der Waals surface area contributed by atoms with Crippen molar-refractivity contribution in [3.8, 4) is 0 Å². The molecule has 1 rings (SSSR count). The van der Waals surface area contributed by atoms with Crippen LogP contribution in [0.3, 0.4) is 0 Å². The molecule has 3 atom stereocenters. The zero-order valence-electron chi connectivity index (χ0n) is 10.7. The van der Waals surface area contributed by atoms with E-state index in [9.17, 15) is 9.59 Å². The molecule has 0 heterocycles. The molecule has 1 aliphatic rings. The van der Waals surface area contributed by atoms with Gasteiger partial charge in [0.1, 0.15) is 0 Å². The van der Waals surface area contributed by atoms with Crippen molar-refractivity contribution in [2.45, 2.75) is 45.6 Å². The molecule has 0 spiro atoms. The third-order valence-electron chi connectivity index (χ3n) is 3.62. The van der Waals surface area contributed by atoms with E-state index in [-0.39, 0.29) is 11.9 Å². The number of carbonyl (C=O) groups excluding carboxylic acids is 2. The second kappa shape index (κ2) is 6.59. The number of carbonyl (C=O) groups is 2. The van der Waals surface area contributed by atoms with Gasteiger partial charge in [-0.3, -0.25) is 10.1 Å². The summed E-state index contributed by atoms with van der Waals surface area (Å²) >= 11 is 0. The van der Waals surface area contributed by atoms with Crippen LogP contribution < -0.4 is 16.4 Å². The van der Waals surface area contributed by atoms with Gasteiger partial charge in [-0.15, -0.1) is 0 Å². The Hall–Kier alpha value is -1.10. The summed E-state index contributed by atoms with van der Waals surface area (Å²) in [7, 11) is 0. The van der Waals surface area contributed by atoms with Gasteiger partial charge in [0, 0.05) is 0 Å². The van der Waals surface area contributed by atoms with Crippen LogP contribution in [0, 0.1) is 11.8 Å². The Balaban J connectivity index is 2.29. The van der Waals surface area contributed by atoms with Gasteiger partial charge in [-0.2, -0.15) is 0 Å². The highest BCUT2D eigenvalue weighted by atomic mass is 16.2. The predicted molar refractivity (Wildman–Crippen MR) is 66.3 cm³/mol. The van der Waals surface area contributed by atoms with Gasteiger partial charge in [-0.1, -0.05) is 26.2 Å². The van der Waals surface area contributed by atoms with E-state index in [2.05, 4.69) is 17.6 Å². The van der Waals surface area contributed by atoms with Gasteiger partial charge < -0.3 is 11.1 Å². The molecular weight excluding hydrogens is 218 g/mol. The van der Waals surface area contributed by atoms with Crippen molar-refractivity contribution in [1.82, 2.24) is 10.6 Å². The Morgan fingerprint density at radius 2 is 2.00 bits per heavy atom. The maximum absolute atomic E-state index is 11.4. The number of urea groups is 1. The first-order valence-electron chi connectivity index (χ1n) is 6.34. The maximum atomic E-state index is 11.4. The van der Waals surface area contributed by atoms with E-state index in [4.69, 9.17) is 5.73 Å². The van der Waals surface area contributed by atoms with Gasteiger partial charge in [-0.05, 0) is 31.7 Å². The van der Waals surface area contributed by atoms with Crippen LogP contribution in [0.15, 0.2) is 0 Å². The van der Waals surface area contributed by atoms with Crippen molar-refractivity contribution in [3.63, 3.8) is 0 Å². The largest absolute Gasteiger partial charge is 0.351 e. The lowest BCUT2D eigenvalue weighted by atomic mass is 9.80. The van der Waals surface area contributed by atoms with Crippen LogP contribution >= 0.6 is 0 Å². The van der Waals surface area contributed by atoms with E-state index in [1.807, 2.05) is 0 Å². The van der Waals surface area contributed by atoms with E-state index in [1.165, 1.54) is 25.7 Å². The number of hydrogen-bond acceptors (Lipinski definition) is 3. The van der Waals surface area contributed by atoms with E-state index in [0.717, 1.165) is 6.54 Å². The van der Waals surface area contributed by atoms with Crippen LogP contribution in [0.5, 0.6) is 0 Å². The highest BCUT2D eigenvalue weighted by Crippen LogP contribution is 2.28. The quantitative estimate of drug-likeness (QED) is 0.686. The van der Waals surface area contributed by atoms with Crippen molar-refractivity contribution >= 4 is 11.9 Å². The lowest BCUT2D eigenvalue weighted by Crippen LogP contribution is -2.48. The first-order chi connectivity index (χ1) is 8.00. The van der Waals surface area contributed by atoms with Crippen molar-refractivity contribution in [2.75, 3.05) is 6.54 Å². The molecule has 5 heteroatoms. The van der Waals surface area contributed by atoms with E-state index in [1.54, 1.807) is 6.92 Å². The summed E-state index contributed by atoms with van der Waals surface area (Å²) in [6, 6.07) is -1.17. The van der Waals surface area contributed by atoms with Gasteiger partial charge in [0.15, 0.2) is 0 Å². The lowest BCUT2D eigenvalue weighted by molar-refractivity contribution is -0.121. The number of primary amides is 1. The molecule has 0 aromatic carbocycles. The van der Waals surface area contributed by atoms with Crippen LogP contribution in [-0.2, 0) is 4.79 Å².